The van der Waals surface area contributed by atoms with Crippen molar-refractivity contribution in [3.63, 3.8) is 0 Å². The van der Waals surface area contributed by atoms with Crippen LogP contribution in [0.1, 0.15) is 81.1 Å². The first-order chi connectivity index (χ1) is 17.1. The van der Waals surface area contributed by atoms with Crippen LogP contribution in [0.4, 0.5) is 11.9 Å². The summed E-state index contributed by atoms with van der Waals surface area (Å²) in [5.74, 6) is 1.39. The van der Waals surface area contributed by atoms with Gasteiger partial charge < -0.3 is 19.7 Å². The van der Waals surface area contributed by atoms with Gasteiger partial charge in [-0.3, -0.25) is 9.80 Å². The fourth-order valence-corrected chi connectivity index (χ4v) is 7.12. The maximum absolute atomic E-state index is 9.41. The summed E-state index contributed by atoms with van der Waals surface area (Å²) in [5.41, 5.74) is 2.41. The first kappa shape index (κ1) is 28.4. The summed E-state index contributed by atoms with van der Waals surface area (Å²) in [4.78, 5) is 24.1. The Morgan fingerprint density at radius 1 is 0.865 bits per heavy atom. The van der Waals surface area contributed by atoms with E-state index < -0.39 is 6.23 Å². The molecule has 210 valence electrons. The van der Waals surface area contributed by atoms with Gasteiger partial charge in [0, 0.05) is 40.8 Å². The smallest absolute Gasteiger partial charge is 0.230 e. The number of hydroxylamine groups is 1. The Balaban J connectivity index is 1.75. The molecular formula is C27H50N8O2. The number of nitrogens with one attached hydrogen (secondary N) is 1. The van der Waals surface area contributed by atoms with E-state index in [0.29, 0.717) is 37.7 Å². The highest BCUT2D eigenvalue weighted by Crippen LogP contribution is 2.45. The lowest BCUT2D eigenvalue weighted by atomic mass is 9.73. The zero-order chi connectivity index (χ0) is 27.4. The molecule has 0 spiro atoms. The Bertz CT molecular complexity index is 874. The highest BCUT2D eigenvalue weighted by Gasteiger charge is 2.50. The number of rotatable bonds is 5. The molecule has 3 aliphatic heterocycles. The lowest BCUT2D eigenvalue weighted by Crippen LogP contribution is -2.67. The van der Waals surface area contributed by atoms with Gasteiger partial charge in [0.15, 0.2) is 0 Å². The molecule has 0 radical (unpaired) electrons. The Morgan fingerprint density at radius 3 is 1.81 bits per heavy atom. The number of hydrogen-bond acceptors (Lipinski definition) is 10. The standard InChI is InChI=1S/C27H50N8O2/c1-24(2)13-19(14-25(3,4)32(24)9)35(20-15-26(5,6)33(10)27(7,8)16-20)23-29-18-28-22(30-23)34-11-12-37-21(17-34)31-36/h18-21,31,36H,11-17H2,1-10H3. The molecule has 0 bridgehead atoms. The number of ether oxygens (including phenoxy) is 1. The van der Waals surface area contributed by atoms with Crippen LogP contribution in [0.3, 0.4) is 0 Å². The molecule has 3 saturated heterocycles. The van der Waals surface area contributed by atoms with Crippen LogP contribution in [-0.2, 0) is 4.74 Å². The second kappa shape index (κ2) is 9.86. The predicted molar refractivity (Wildman–Crippen MR) is 147 cm³/mol. The van der Waals surface area contributed by atoms with Crippen LogP contribution in [-0.4, -0.2) is 104 Å². The number of piperidine rings is 2. The zero-order valence-electron chi connectivity index (χ0n) is 24.7. The quantitative estimate of drug-likeness (QED) is 0.566. The SMILES string of the molecule is CN1C(C)(C)CC(N(c2ncnc(N3CCOC(NO)C3)n2)C2CC(C)(C)N(C)C(C)(C)C2)CC1(C)C. The Hall–Kier alpha value is -1.59. The van der Waals surface area contributed by atoms with Crippen molar-refractivity contribution >= 4 is 11.9 Å². The summed E-state index contributed by atoms with van der Waals surface area (Å²) in [6, 6.07) is 0.598. The van der Waals surface area contributed by atoms with Gasteiger partial charge in [-0.2, -0.15) is 10.5 Å². The van der Waals surface area contributed by atoms with Crippen LogP contribution in [0.15, 0.2) is 6.33 Å². The van der Waals surface area contributed by atoms with Crippen molar-refractivity contribution in [2.45, 2.75) is 122 Å². The summed E-state index contributed by atoms with van der Waals surface area (Å²) in [6.07, 6.45) is 5.34. The van der Waals surface area contributed by atoms with E-state index in [4.69, 9.17) is 14.7 Å². The van der Waals surface area contributed by atoms with Crippen LogP contribution >= 0.6 is 0 Å². The third-order valence-corrected chi connectivity index (χ3v) is 9.63. The minimum Gasteiger partial charge on any atom is -0.358 e. The van der Waals surface area contributed by atoms with Crippen molar-refractivity contribution in [2.75, 3.05) is 43.6 Å². The average Bonchev–Trinajstić information content (AvgIpc) is 2.81. The van der Waals surface area contributed by atoms with Gasteiger partial charge in [-0.25, -0.2) is 9.97 Å². The van der Waals surface area contributed by atoms with Gasteiger partial charge in [0.2, 0.25) is 11.9 Å². The number of likely N-dealkylation sites (tertiary alicyclic amines) is 2. The van der Waals surface area contributed by atoms with Crippen LogP contribution in [0.5, 0.6) is 0 Å². The van der Waals surface area contributed by atoms with Crippen LogP contribution in [0.2, 0.25) is 0 Å². The third kappa shape index (κ3) is 5.59. The van der Waals surface area contributed by atoms with Gasteiger partial charge >= 0.3 is 0 Å². The van der Waals surface area contributed by atoms with E-state index >= 15 is 0 Å². The predicted octanol–water partition coefficient (Wildman–Crippen LogP) is 3.12. The second-order valence-corrected chi connectivity index (χ2v) is 13.9. The van der Waals surface area contributed by atoms with Crippen molar-refractivity contribution in [3.05, 3.63) is 6.33 Å². The van der Waals surface area contributed by atoms with E-state index in [1.807, 2.05) is 0 Å². The molecule has 4 heterocycles. The highest BCUT2D eigenvalue weighted by atomic mass is 16.6. The molecule has 1 unspecified atom stereocenters. The summed E-state index contributed by atoms with van der Waals surface area (Å²) < 4.78 is 5.56. The monoisotopic (exact) mass is 518 g/mol. The molecule has 1 aromatic rings. The van der Waals surface area contributed by atoms with E-state index in [-0.39, 0.29) is 22.2 Å². The molecule has 3 aliphatic rings. The molecule has 0 saturated carbocycles. The fraction of sp³-hybridized carbons (Fsp3) is 0.889. The van der Waals surface area contributed by atoms with Crippen molar-refractivity contribution < 1.29 is 9.94 Å². The second-order valence-electron chi connectivity index (χ2n) is 13.9. The Labute approximate surface area is 223 Å². The maximum Gasteiger partial charge on any atom is 0.230 e. The van der Waals surface area contributed by atoms with Crippen molar-refractivity contribution in [1.82, 2.24) is 30.2 Å². The number of nitrogens with zero attached hydrogens (tertiary/aromatic N) is 7. The molecule has 4 rings (SSSR count). The van der Waals surface area contributed by atoms with E-state index in [0.717, 1.165) is 31.6 Å². The summed E-state index contributed by atoms with van der Waals surface area (Å²) in [5, 5.41) is 9.41. The Morgan fingerprint density at radius 2 is 1.35 bits per heavy atom. The van der Waals surface area contributed by atoms with Gasteiger partial charge in [0.25, 0.3) is 0 Å². The summed E-state index contributed by atoms with van der Waals surface area (Å²) in [7, 11) is 4.51. The highest BCUT2D eigenvalue weighted by molar-refractivity contribution is 5.42. The van der Waals surface area contributed by atoms with Crippen LogP contribution < -0.4 is 15.3 Å². The minimum absolute atomic E-state index is 0.0429. The lowest BCUT2D eigenvalue weighted by molar-refractivity contribution is -0.0585. The van der Waals surface area contributed by atoms with E-state index in [2.05, 4.69) is 99.5 Å². The van der Waals surface area contributed by atoms with Crippen LogP contribution in [0.25, 0.3) is 0 Å². The van der Waals surface area contributed by atoms with Gasteiger partial charge in [-0.15, -0.1) is 0 Å². The number of anilines is 2. The van der Waals surface area contributed by atoms with Crippen molar-refractivity contribution in [1.29, 1.82) is 0 Å². The molecule has 0 amide bonds. The lowest BCUT2D eigenvalue weighted by Gasteiger charge is -2.60. The zero-order valence-corrected chi connectivity index (χ0v) is 24.7. The third-order valence-electron chi connectivity index (χ3n) is 9.63. The molecule has 0 aliphatic carbocycles. The Kier molecular flexibility index (Phi) is 7.57. The summed E-state index contributed by atoms with van der Waals surface area (Å²) >= 11 is 0. The summed E-state index contributed by atoms with van der Waals surface area (Å²) in [6.45, 7) is 20.5. The largest absolute Gasteiger partial charge is 0.358 e. The van der Waals surface area contributed by atoms with Crippen LogP contribution in [0, 0.1) is 0 Å². The molecule has 0 aromatic carbocycles. The van der Waals surface area contributed by atoms with Gasteiger partial charge in [0.05, 0.1) is 13.2 Å². The van der Waals surface area contributed by atoms with E-state index in [1.54, 1.807) is 6.33 Å². The van der Waals surface area contributed by atoms with E-state index in [9.17, 15) is 5.21 Å². The van der Waals surface area contributed by atoms with Crippen molar-refractivity contribution in [2.24, 2.45) is 0 Å². The maximum atomic E-state index is 9.41. The molecule has 10 heteroatoms. The molecular weight excluding hydrogens is 468 g/mol. The van der Waals surface area contributed by atoms with Gasteiger partial charge in [0.1, 0.15) is 12.6 Å². The topological polar surface area (TPSA) is 93.1 Å². The van der Waals surface area contributed by atoms with E-state index in [1.165, 1.54) is 0 Å². The molecule has 1 aromatic heterocycles. The molecule has 10 nitrogen and oxygen atoms in total. The normalized spacial score (nSPS) is 28.8. The van der Waals surface area contributed by atoms with Crippen molar-refractivity contribution in [3.8, 4) is 0 Å². The molecule has 1 atom stereocenters. The minimum atomic E-state index is -0.462. The first-order valence-corrected chi connectivity index (χ1v) is 13.8. The fourth-order valence-electron chi connectivity index (χ4n) is 7.12. The van der Waals surface area contributed by atoms with Gasteiger partial charge in [-0.1, -0.05) is 0 Å². The average molecular weight is 519 g/mol. The van der Waals surface area contributed by atoms with Gasteiger partial charge in [-0.05, 0) is 95.2 Å². The number of aromatic nitrogens is 3. The molecule has 2 N–H and O–H groups in total. The number of morpholine rings is 1. The first-order valence-electron chi connectivity index (χ1n) is 13.8. The molecule has 3 fully saturated rings. The number of hydrogen-bond donors (Lipinski definition) is 2. The molecule has 37 heavy (non-hydrogen) atoms.